The lowest BCUT2D eigenvalue weighted by atomic mass is 10.0. The highest BCUT2D eigenvalue weighted by molar-refractivity contribution is 5.95. The van der Waals surface area contributed by atoms with Gasteiger partial charge >= 0.3 is 6.01 Å². The monoisotopic (exact) mass is 299 g/mol. The average molecular weight is 299 g/mol. The van der Waals surface area contributed by atoms with Gasteiger partial charge < -0.3 is 4.74 Å². The van der Waals surface area contributed by atoms with E-state index in [0.29, 0.717) is 6.01 Å². The zero-order valence-corrected chi connectivity index (χ0v) is 12.3. The van der Waals surface area contributed by atoms with Crippen LogP contribution in [0.1, 0.15) is 0 Å². The molecule has 0 aliphatic heterocycles. The number of hydrogen-bond acceptors (Lipinski definition) is 4. The normalized spacial score (nSPS) is 10.6. The number of nitrogens with zero attached hydrogens (tertiary/aromatic N) is 3. The molecule has 0 aliphatic carbocycles. The number of benzene rings is 2. The zero-order valence-electron chi connectivity index (χ0n) is 12.3. The number of aromatic nitrogens is 3. The van der Waals surface area contributed by atoms with Crippen LogP contribution < -0.4 is 4.74 Å². The first kappa shape index (κ1) is 13.4. The second kappa shape index (κ2) is 5.85. The highest BCUT2D eigenvalue weighted by Gasteiger charge is 2.06. The van der Waals surface area contributed by atoms with Crippen molar-refractivity contribution in [3.8, 4) is 22.9 Å². The van der Waals surface area contributed by atoms with Gasteiger partial charge in [0, 0.05) is 35.7 Å². The molecule has 4 nitrogen and oxygen atoms in total. The minimum atomic E-state index is 0.332. The summed E-state index contributed by atoms with van der Waals surface area (Å²) in [6.45, 7) is 0. The molecule has 0 amide bonds. The van der Waals surface area contributed by atoms with Crippen molar-refractivity contribution in [1.82, 2.24) is 15.0 Å². The summed E-state index contributed by atoms with van der Waals surface area (Å²) in [6, 6.07) is 17.9. The fraction of sp³-hybridized carbons (Fsp3) is 0. The summed E-state index contributed by atoms with van der Waals surface area (Å²) in [4.78, 5) is 12.8. The van der Waals surface area contributed by atoms with Crippen molar-refractivity contribution in [1.29, 1.82) is 0 Å². The molecule has 0 fully saturated rings. The number of ether oxygens (including phenoxy) is 1. The fourth-order valence-corrected chi connectivity index (χ4v) is 2.47. The summed E-state index contributed by atoms with van der Waals surface area (Å²) < 4.78 is 5.62. The second-order valence-corrected chi connectivity index (χ2v) is 5.07. The minimum absolute atomic E-state index is 0.332. The van der Waals surface area contributed by atoms with Crippen molar-refractivity contribution in [2.75, 3.05) is 0 Å². The maximum absolute atomic E-state index is 5.62. The molecule has 4 aromatic rings. The molecular weight excluding hydrogens is 286 g/mol. The highest BCUT2D eigenvalue weighted by atomic mass is 16.5. The van der Waals surface area contributed by atoms with Gasteiger partial charge in [0.05, 0.1) is 0 Å². The van der Waals surface area contributed by atoms with Crippen molar-refractivity contribution < 1.29 is 4.74 Å². The van der Waals surface area contributed by atoms with E-state index in [1.807, 2.05) is 54.7 Å². The zero-order chi connectivity index (χ0) is 15.5. The topological polar surface area (TPSA) is 47.9 Å². The summed E-state index contributed by atoms with van der Waals surface area (Å²) in [5.74, 6) is 0.717. The van der Waals surface area contributed by atoms with Crippen molar-refractivity contribution >= 4 is 10.8 Å². The summed E-state index contributed by atoms with van der Waals surface area (Å²) in [5, 5.41) is 2.22. The molecule has 0 N–H and O–H groups in total. The van der Waals surface area contributed by atoms with Crippen molar-refractivity contribution in [3.63, 3.8) is 0 Å². The Balaban J connectivity index is 1.68. The highest BCUT2D eigenvalue weighted by Crippen LogP contribution is 2.27. The van der Waals surface area contributed by atoms with Crippen LogP contribution in [-0.2, 0) is 0 Å². The van der Waals surface area contributed by atoms with E-state index < -0.39 is 0 Å². The van der Waals surface area contributed by atoms with Gasteiger partial charge in [0.15, 0.2) is 0 Å². The van der Waals surface area contributed by atoms with Gasteiger partial charge in [0.1, 0.15) is 5.75 Å². The third-order valence-electron chi connectivity index (χ3n) is 3.58. The third-order valence-corrected chi connectivity index (χ3v) is 3.58. The van der Waals surface area contributed by atoms with E-state index in [1.165, 1.54) is 0 Å². The van der Waals surface area contributed by atoms with E-state index in [9.17, 15) is 0 Å². The molecule has 23 heavy (non-hydrogen) atoms. The molecule has 2 heterocycles. The SMILES string of the molecule is c1ccc(Oc2ncc(-c3cccc4ccncc34)cn2)cc1. The third kappa shape index (κ3) is 2.74. The Morgan fingerprint density at radius 3 is 2.39 bits per heavy atom. The first-order chi connectivity index (χ1) is 11.4. The second-order valence-electron chi connectivity index (χ2n) is 5.07. The number of pyridine rings is 1. The molecule has 0 aliphatic rings. The van der Waals surface area contributed by atoms with Gasteiger partial charge in [-0.3, -0.25) is 4.98 Å². The molecule has 0 saturated heterocycles. The number of hydrogen-bond donors (Lipinski definition) is 0. The van der Waals surface area contributed by atoms with Gasteiger partial charge in [-0.15, -0.1) is 0 Å². The first-order valence-electron chi connectivity index (χ1n) is 7.28. The van der Waals surface area contributed by atoms with E-state index in [1.54, 1.807) is 18.6 Å². The number of fused-ring (bicyclic) bond motifs is 1. The minimum Gasteiger partial charge on any atom is -0.424 e. The molecule has 0 unspecified atom stereocenters. The van der Waals surface area contributed by atoms with Gasteiger partial charge in [-0.05, 0) is 29.1 Å². The summed E-state index contributed by atoms with van der Waals surface area (Å²) in [5.41, 5.74) is 1.99. The quantitative estimate of drug-likeness (QED) is 0.559. The number of para-hydroxylation sites is 1. The molecule has 0 radical (unpaired) electrons. The van der Waals surface area contributed by atoms with Crippen molar-refractivity contribution in [2.24, 2.45) is 0 Å². The Morgan fingerprint density at radius 1 is 0.739 bits per heavy atom. The Hall–Kier alpha value is -3.27. The Labute approximate surface area is 133 Å². The van der Waals surface area contributed by atoms with Gasteiger partial charge in [0.25, 0.3) is 0 Å². The van der Waals surface area contributed by atoms with E-state index >= 15 is 0 Å². The largest absolute Gasteiger partial charge is 0.424 e. The molecular formula is C19H13N3O. The van der Waals surface area contributed by atoms with Crippen LogP contribution in [0.15, 0.2) is 79.4 Å². The van der Waals surface area contributed by atoms with Gasteiger partial charge in [-0.2, -0.15) is 0 Å². The van der Waals surface area contributed by atoms with Crippen LogP contribution in [-0.4, -0.2) is 15.0 Å². The molecule has 2 aromatic carbocycles. The smallest absolute Gasteiger partial charge is 0.321 e. The number of rotatable bonds is 3. The Kier molecular flexibility index (Phi) is 3.41. The van der Waals surface area contributed by atoms with Gasteiger partial charge in [-0.1, -0.05) is 36.4 Å². The summed E-state index contributed by atoms with van der Waals surface area (Å²) in [7, 11) is 0. The van der Waals surface area contributed by atoms with Crippen molar-refractivity contribution in [3.05, 3.63) is 79.4 Å². The van der Waals surface area contributed by atoms with Crippen LogP contribution in [0, 0.1) is 0 Å². The summed E-state index contributed by atoms with van der Waals surface area (Å²) in [6.07, 6.45) is 7.19. The predicted molar refractivity (Wildman–Crippen MR) is 89.3 cm³/mol. The van der Waals surface area contributed by atoms with E-state index in [2.05, 4.69) is 21.0 Å². The van der Waals surface area contributed by atoms with Gasteiger partial charge in [0.2, 0.25) is 0 Å². The lowest BCUT2D eigenvalue weighted by Crippen LogP contribution is -1.92. The van der Waals surface area contributed by atoms with Crippen LogP contribution >= 0.6 is 0 Å². The molecule has 4 heteroatoms. The maximum Gasteiger partial charge on any atom is 0.321 e. The Bertz CT molecular complexity index is 932. The standard InChI is InChI=1S/C19H13N3O/c1-2-6-16(7-3-1)23-19-21-11-15(12-22-19)17-8-4-5-14-9-10-20-13-18(14)17/h1-13H. The van der Waals surface area contributed by atoms with Crippen LogP contribution in [0.2, 0.25) is 0 Å². The summed E-state index contributed by atoms with van der Waals surface area (Å²) >= 11 is 0. The molecule has 0 spiro atoms. The first-order valence-corrected chi connectivity index (χ1v) is 7.28. The molecule has 0 bridgehead atoms. The van der Waals surface area contributed by atoms with E-state index in [-0.39, 0.29) is 0 Å². The van der Waals surface area contributed by atoms with Gasteiger partial charge in [-0.25, -0.2) is 9.97 Å². The van der Waals surface area contributed by atoms with Crippen molar-refractivity contribution in [2.45, 2.75) is 0 Å². The van der Waals surface area contributed by atoms with E-state index in [4.69, 9.17) is 4.74 Å². The van der Waals surface area contributed by atoms with Crippen LogP contribution in [0.4, 0.5) is 0 Å². The molecule has 0 saturated carbocycles. The van der Waals surface area contributed by atoms with Crippen LogP contribution in [0.3, 0.4) is 0 Å². The van der Waals surface area contributed by atoms with Crippen LogP contribution in [0.25, 0.3) is 21.9 Å². The lowest BCUT2D eigenvalue weighted by Gasteiger charge is -2.07. The van der Waals surface area contributed by atoms with Crippen LogP contribution in [0.5, 0.6) is 11.8 Å². The Morgan fingerprint density at radius 2 is 1.57 bits per heavy atom. The molecule has 4 rings (SSSR count). The fourth-order valence-electron chi connectivity index (χ4n) is 2.47. The molecule has 0 atom stereocenters. The molecule has 2 aromatic heterocycles. The maximum atomic E-state index is 5.62. The average Bonchev–Trinajstić information content (AvgIpc) is 2.63. The lowest BCUT2D eigenvalue weighted by molar-refractivity contribution is 0.442. The molecule has 110 valence electrons. The predicted octanol–water partition coefficient (Wildman–Crippen LogP) is 4.48. The van der Waals surface area contributed by atoms with E-state index in [0.717, 1.165) is 27.6 Å².